The predicted molar refractivity (Wildman–Crippen MR) is 153 cm³/mol. The molecule has 8 heteroatoms. The van der Waals surface area contributed by atoms with Crippen molar-refractivity contribution < 1.29 is 23.7 Å². The van der Waals surface area contributed by atoms with E-state index in [-0.39, 0.29) is 17.9 Å². The van der Waals surface area contributed by atoms with E-state index in [1.165, 1.54) is 5.56 Å². The summed E-state index contributed by atoms with van der Waals surface area (Å²) >= 11 is 0. The van der Waals surface area contributed by atoms with Crippen LogP contribution < -0.4 is 9.47 Å². The van der Waals surface area contributed by atoms with Crippen LogP contribution in [0.5, 0.6) is 11.5 Å². The predicted octanol–water partition coefficient (Wildman–Crippen LogP) is 4.32. The molecule has 1 unspecified atom stereocenters. The van der Waals surface area contributed by atoms with Crippen LogP contribution in [0.1, 0.15) is 45.6 Å². The molecule has 40 heavy (non-hydrogen) atoms. The number of aromatic nitrogens is 1. The van der Waals surface area contributed by atoms with E-state index in [0.717, 1.165) is 42.8 Å². The average molecular weight is 546 g/mol. The maximum Gasteiger partial charge on any atom is 0.272 e. The van der Waals surface area contributed by atoms with Crippen molar-refractivity contribution in [3.05, 3.63) is 88.7 Å². The van der Waals surface area contributed by atoms with Gasteiger partial charge in [-0.2, -0.15) is 0 Å². The number of benzene rings is 2. The van der Waals surface area contributed by atoms with E-state index in [2.05, 4.69) is 54.2 Å². The minimum atomic E-state index is -0.0589. The van der Waals surface area contributed by atoms with Gasteiger partial charge < -0.3 is 28.7 Å². The Kier molecular flexibility index (Phi) is 9.31. The Morgan fingerprint density at radius 2 is 1.77 bits per heavy atom. The lowest BCUT2D eigenvalue weighted by molar-refractivity contribution is -0.0663. The molecule has 0 aliphatic carbocycles. The highest BCUT2D eigenvalue weighted by Gasteiger charge is 2.33. The average Bonchev–Trinajstić information content (AvgIpc) is 2.96. The van der Waals surface area contributed by atoms with Crippen molar-refractivity contribution in [1.29, 1.82) is 0 Å². The molecule has 0 spiro atoms. The second-order valence-corrected chi connectivity index (χ2v) is 10.6. The summed E-state index contributed by atoms with van der Waals surface area (Å²) in [5.74, 6) is 1.60. The Morgan fingerprint density at radius 3 is 2.52 bits per heavy atom. The van der Waals surface area contributed by atoms with Crippen molar-refractivity contribution >= 4 is 5.91 Å². The molecule has 5 rings (SSSR count). The van der Waals surface area contributed by atoms with Crippen molar-refractivity contribution in [1.82, 2.24) is 14.8 Å². The molecule has 0 bridgehead atoms. The molecule has 2 saturated heterocycles. The fraction of sp³-hybridized carbons (Fsp3) is 0.438. The molecule has 2 aliphatic rings. The summed E-state index contributed by atoms with van der Waals surface area (Å²) in [5.41, 5.74) is 4.94. The topological polar surface area (TPSA) is 73.4 Å². The lowest BCUT2D eigenvalue weighted by Gasteiger charge is -2.39. The van der Waals surface area contributed by atoms with E-state index >= 15 is 0 Å². The van der Waals surface area contributed by atoms with E-state index in [9.17, 15) is 4.79 Å². The van der Waals surface area contributed by atoms with Gasteiger partial charge in [0.15, 0.2) is 11.5 Å². The first-order valence-electron chi connectivity index (χ1n) is 14.0. The van der Waals surface area contributed by atoms with Gasteiger partial charge in [-0.05, 0) is 60.0 Å². The molecule has 0 N–H and O–H groups in total. The number of aryl methyl sites for hydroxylation is 1. The first-order valence-corrected chi connectivity index (χ1v) is 14.0. The van der Waals surface area contributed by atoms with Gasteiger partial charge in [0.05, 0.1) is 33.0 Å². The minimum absolute atomic E-state index is 0.0589. The van der Waals surface area contributed by atoms with Crippen molar-refractivity contribution in [2.24, 2.45) is 0 Å². The molecule has 0 saturated carbocycles. The number of rotatable bonds is 11. The van der Waals surface area contributed by atoms with Crippen LogP contribution in [0.25, 0.3) is 0 Å². The Morgan fingerprint density at radius 1 is 0.975 bits per heavy atom. The number of methoxy groups -OCH3 is 1. The van der Waals surface area contributed by atoms with Gasteiger partial charge in [0, 0.05) is 38.3 Å². The van der Waals surface area contributed by atoms with E-state index in [1.54, 1.807) is 13.3 Å². The number of pyridine rings is 1. The van der Waals surface area contributed by atoms with Crippen LogP contribution in [0.4, 0.5) is 0 Å². The first kappa shape index (κ1) is 28.1. The zero-order valence-electron chi connectivity index (χ0n) is 23.7. The molecule has 1 atom stereocenters. The maximum atomic E-state index is 13.1. The Labute approximate surface area is 236 Å². The second-order valence-electron chi connectivity index (χ2n) is 10.6. The Hall–Kier alpha value is -3.46. The Bertz CT molecular complexity index is 1280. The summed E-state index contributed by atoms with van der Waals surface area (Å²) in [6.45, 7) is 7.41. The van der Waals surface area contributed by atoms with E-state index in [4.69, 9.17) is 18.9 Å². The number of hydrogen-bond acceptors (Lipinski definition) is 7. The number of carbonyl (C=O) groups is 1. The van der Waals surface area contributed by atoms with Crippen molar-refractivity contribution in [2.45, 2.75) is 38.6 Å². The molecule has 8 nitrogen and oxygen atoms in total. The summed E-state index contributed by atoms with van der Waals surface area (Å²) in [5, 5.41) is 0. The SMILES string of the molecule is CCc1ccc(COc2ccc(C3CN(C(=O)c4cc(COCC5CN(C)CCO5)ccn4)C3)cc2OC)cc1. The summed E-state index contributed by atoms with van der Waals surface area (Å²) in [4.78, 5) is 21.5. The number of likely N-dealkylation sites (N-methyl/N-ethyl adjacent to an activating group) is 1. The molecular weight excluding hydrogens is 506 g/mol. The molecule has 2 fully saturated rings. The summed E-state index contributed by atoms with van der Waals surface area (Å²) in [6, 6.07) is 18.2. The zero-order valence-corrected chi connectivity index (χ0v) is 23.7. The third kappa shape index (κ3) is 6.99. The monoisotopic (exact) mass is 545 g/mol. The van der Waals surface area contributed by atoms with Crippen LogP contribution in [-0.4, -0.2) is 80.3 Å². The standard InChI is InChI=1S/C32H39N3O5/c1-4-23-5-7-24(8-6-23)21-40-30-10-9-26(16-31(30)37-3)27-17-35(18-27)32(36)29-15-25(11-12-33-29)20-38-22-28-19-34(2)13-14-39-28/h5-12,15-16,27-28H,4,13-14,17-22H2,1-3H3. The van der Waals surface area contributed by atoms with Gasteiger partial charge in [-0.3, -0.25) is 9.78 Å². The van der Waals surface area contributed by atoms with Gasteiger partial charge in [-0.15, -0.1) is 0 Å². The highest BCUT2D eigenvalue weighted by atomic mass is 16.5. The van der Waals surface area contributed by atoms with Crippen molar-refractivity contribution in [3.8, 4) is 11.5 Å². The van der Waals surface area contributed by atoms with Gasteiger partial charge in [0.25, 0.3) is 5.91 Å². The van der Waals surface area contributed by atoms with Gasteiger partial charge in [0.2, 0.25) is 0 Å². The molecule has 2 aliphatic heterocycles. The molecule has 1 amide bonds. The number of morpholine rings is 1. The number of likely N-dealkylation sites (tertiary alicyclic amines) is 1. The molecule has 3 aromatic rings. The molecular formula is C32H39N3O5. The lowest BCUT2D eigenvalue weighted by atomic mass is 9.91. The number of hydrogen-bond donors (Lipinski definition) is 0. The van der Waals surface area contributed by atoms with Crippen LogP contribution in [0.3, 0.4) is 0 Å². The molecule has 2 aromatic carbocycles. The Balaban J connectivity index is 1.11. The van der Waals surface area contributed by atoms with Gasteiger partial charge in [-0.1, -0.05) is 37.3 Å². The summed E-state index contributed by atoms with van der Waals surface area (Å²) in [7, 11) is 3.74. The zero-order chi connectivity index (χ0) is 27.9. The van der Waals surface area contributed by atoms with Gasteiger partial charge in [-0.25, -0.2) is 0 Å². The highest BCUT2D eigenvalue weighted by Crippen LogP contribution is 2.35. The van der Waals surface area contributed by atoms with Crippen molar-refractivity contribution in [3.63, 3.8) is 0 Å². The van der Waals surface area contributed by atoms with E-state index < -0.39 is 0 Å². The third-order valence-corrected chi connectivity index (χ3v) is 7.61. The van der Waals surface area contributed by atoms with Crippen molar-refractivity contribution in [2.75, 3.05) is 53.6 Å². The number of amides is 1. The maximum absolute atomic E-state index is 13.1. The second kappa shape index (κ2) is 13.3. The van der Waals surface area contributed by atoms with E-state index in [0.29, 0.717) is 50.1 Å². The highest BCUT2D eigenvalue weighted by molar-refractivity contribution is 5.93. The fourth-order valence-electron chi connectivity index (χ4n) is 5.06. The lowest BCUT2D eigenvalue weighted by Crippen LogP contribution is -2.48. The molecule has 212 valence electrons. The smallest absolute Gasteiger partial charge is 0.272 e. The van der Waals surface area contributed by atoms with Gasteiger partial charge in [0.1, 0.15) is 12.3 Å². The normalized spacial score (nSPS) is 17.9. The van der Waals surface area contributed by atoms with Gasteiger partial charge >= 0.3 is 0 Å². The molecule has 0 radical (unpaired) electrons. The van der Waals surface area contributed by atoms with Crippen LogP contribution in [-0.2, 0) is 29.1 Å². The van der Waals surface area contributed by atoms with Crippen LogP contribution in [0.15, 0.2) is 60.8 Å². The minimum Gasteiger partial charge on any atom is -0.493 e. The molecule has 3 heterocycles. The van der Waals surface area contributed by atoms with Crippen LogP contribution in [0.2, 0.25) is 0 Å². The first-order chi connectivity index (χ1) is 19.5. The summed E-state index contributed by atoms with van der Waals surface area (Å²) in [6.07, 6.45) is 2.78. The van der Waals surface area contributed by atoms with Crippen LogP contribution >= 0.6 is 0 Å². The fourth-order valence-corrected chi connectivity index (χ4v) is 5.06. The number of ether oxygens (including phenoxy) is 4. The molecule has 1 aromatic heterocycles. The largest absolute Gasteiger partial charge is 0.493 e. The number of nitrogens with zero attached hydrogens (tertiary/aromatic N) is 3. The number of carbonyl (C=O) groups excluding carboxylic acids is 1. The van der Waals surface area contributed by atoms with Crippen LogP contribution in [0, 0.1) is 0 Å². The quantitative estimate of drug-likeness (QED) is 0.355. The van der Waals surface area contributed by atoms with E-state index in [1.807, 2.05) is 29.2 Å². The summed E-state index contributed by atoms with van der Waals surface area (Å²) < 4.78 is 23.3. The third-order valence-electron chi connectivity index (χ3n) is 7.61.